The minimum Gasteiger partial charge on any atom is -0.462 e. The number of aliphatic hydroxyl groups excluding tert-OH is 1. The van der Waals surface area contributed by atoms with Crippen LogP contribution in [0, 0.1) is 29.1 Å². The molecule has 0 aromatic heterocycles. The molecule has 1 heterocycles. The normalized spacial score (nSPS) is 35.4. The second-order valence-corrected chi connectivity index (χ2v) is 10.3. The van der Waals surface area contributed by atoms with E-state index >= 15 is 0 Å². The minimum atomic E-state index is -0.601. The molecule has 0 bridgehead atoms. The average molecular weight is 436 g/mol. The highest BCUT2D eigenvalue weighted by molar-refractivity contribution is 5.76. The predicted octanol–water partition coefficient (Wildman–Crippen LogP) is 4.75. The van der Waals surface area contributed by atoms with Gasteiger partial charge >= 0.3 is 11.9 Å². The molecule has 6 nitrogen and oxygen atoms in total. The molecule has 3 rings (SSSR count). The van der Waals surface area contributed by atoms with Crippen molar-refractivity contribution in [3.8, 4) is 0 Å². The fraction of sp³-hybridized carbons (Fsp3) is 0.760. The van der Waals surface area contributed by atoms with E-state index < -0.39 is 11.5 Å². The van der Waals surface area contributed by atoms with Gasteiger partial charge in [0.05, 0.1) is 17.9 Å². The topological polar surface area (TPSA) is 108 Å². The third-order valence-corrected chi connectivity index (χ3v) is 7.35. The van der Waals surface area contributed by atoms with E-state index in [9.17, 15) is 14.7 Å². The molecule has 31 heavy (non-hydrogen) atoms. The summed E-state index contributed by atoms with van der Waals surface area (Å²) in [7, 11) is 0. The number of carbonyl (C=O) groups excluding carboxylic acids is 2. The van der Waals surface area contributed by atoms with Gasteiger partial charge in [-0.25, -0.2) is 0 Å². The summed E-state index contributed by atoms with van der Waals surface area (Å²) in [5.41, 5.74) is 0.785. The van der Waals surface area contributed by atoms with Gasteiger partial charge in [-0.1, -0.05) is 39.0 Å². The van der Waals surface area contributed by atoms with Crippen LogP contribution in [0.15, 0.2) is 23.8 Å². The number of esters is 2. The van der Waals surface area contributed by atoms with E-state index in [1.807, 2.05) is 20.8 Å². The number of aliphatic hydroxyl groups is 1. The molecule has 4 N–H and O–H groups in total. The Bertz CT molecular complexity index is 713. The number of hydrogen-bond donors (Lipinski definition) is 2. The Balaban J connectivity index is 0.00000341. The Morgan fingerprint density at radius 2 is 1.97 bits per heavy atom. The maximum absolute atomic E-state index is 12.9. The van der Waals surface area contributed by atoms with Crippen molar-refractivity contribution in [3.05, 3.63) is 23.8 Å². The molecule has 0 amide bonds. The molecule has 0 saturated carbocycles. The monoisotopic (exact) mass is 435 g/mol. The summed E-state index contributed by atoms with van der Waals surface area (Å²) < 4.78 is 11.6. The Morgan fingerprint density at radius 3 is 2.61 bits per heavy atom. The van der Waals surface area contributed by atoms with Gasteiger partial charge in [-0.15, -0.1) is 0 Å². The number of fused-ring (bicyclic) bond motifs is 1. The van der Waals surface area contributed by atoms with E-state index in [0.717, 1.165) is 25.7 Å². The highest BCUT2D eigenvalue weighted by atomic mass is 16.6. The average Bonchev–Trinajstić information content (AvgIpc) is 2.66. The lowest BCUT2D eigenvalue weighted by Crippen LogP contribution is -2.43. The standard InChI is InChI=1S/C25H38O5.H3N/c1-6-25(4,5)24(28)30-21-12-15(2)11-17-8-7-16(3)20(23(17)21)10-9-19-13-18(26)14-22(27)29-19;/h7-8,11,15-16,18-21,23,26H,6,9-10,12-14H2,1-5H3;1H3/t15-,16-,18+,19-,20-,21-,23-;/m1./s1. The number of allylic oxidation sites excluding steroid dienone is 3. The molecule has 7 atom stereocenters. The molecule has 0 unspecified atom stereocenters. The Hall–Kier alpha value is -1.66. The molecule has 0 aromatic rings. The van der Waals surface area contributed by atoms with Gasteiger partial charge in [-0.05, 0) is 62.9 Å². The number of cyclic esters (lactones) is 1. The third kappa shape index (κ3) is 5.98. The van der Waals surface area contributed by atoms with Crippen molar-refractivity contribution < 1.29 is 24.2 Å². The van der Waals surface area contributed by atoms with Gasteiger partial charge in [-0.3, -0.25) is 9.59 Å². The maximum Gasteiger partial charge on any atom is 0.311 e. The third-order valence-electron chi connectivity index (χ3n) is 7.35. The maximum atomic E-state index is 12.9. The lowest BCUT2D eigenvalue weighted by atomic mass is 9.65. The molecular formula is C25H41NO5. The predicted molar refractivity (Wildman–Crippen MR) is 120 cm³/mol. The van der Waals surface area contributed by atoms with Crippen LogP contribution in [0.3, 0.4) is 0 Å². The zero-order chi connectivity index (χ0) is 22.1. The van der Waals surface area contributed by atoms with Gasteiger partial charge in [0.1, 0.15) is 12.2 Å². The molecule has 6 heteroatoms. The van der Waals surface area contributed by atoms with Crippen LogP contribution >= 0.6 is 0 Å². The Labute approximate surface area is 187 Å². The number of rotatable bonds is 6. The molecule has 1 saturated heterocycles. The first-order chi connectivity index (χ1) is 14.1. The zero-order valence-corrected chi connectivity index (χ0v) is 19.8. The van der Waals surface area contributed by atoms with Crippen LogP contribution in [-0.2, 0) is 19.1 Å². The van der Waals surface area contributed by atoms with Gasteiger partial charge in [0, 0.05) is 12.3 Å². The Kier molecular flexibility index (Phi) is 8.51. The van der Waals surface area contributed by atoms with E-state index in [-0.39, 0.29) is 42.6 Å². The molecule has 2 aliphatic carbocycles. The molecule has 176 valence electrons. The van der Waals surface area contributed by atoms with Crippen molar-refractivity contribution in [1.29, 1.82) is 0 Å². The summed E-state index contributed by atoms with van der Waals surface area (Å²) in [6.07, 6.45) is 9.61. The van der Waals surface area contributed by atoms with E-state index in [4.69, 9.17) is 9.47 Å². The van der Waals surface area contributed by atoms with Crippen LogP contribution in [0.1, 0.15) is 73.1 Å². The van der Waals surface area contributed by atoms with Crippen molar-refractivity contribution in [2.45, 2.75) is 91.5 Å². The van der Waals surface area contributed by atoms with Gasteiger partial charge in [0.15, 0.2) is 0 Å². The van der Waals surface area contributed by atoms with Gasteiger partial charge in [-0.2, -0.15) is 0 Å². The smallest absolute Gasteiger partial charge is 0.311 e. The summed E-state index contributed by atoms with van der Waals surface area (Å²) in [6, 6.07) is 0. The molecule has 1 aliphatic heterocycles. The van der Waals surface area contributed by atoms with Crippen molar-refractivity contribution in [2.24, 2.45) is 29.1 Å². The van der Waals surface area contributed by atoms with Gasteiger partial charge in [0.2, 0.25) is 0 Å². The molecule has 0 spiro atoms. The number of carbonyl (C=O) groups is 2. The van der Waals surface area contributed by atoms with Crippen molar-refractivity contribution in [1.82, 2.24) is 6.15 Å². The van der Waals surface area contributed by atoms with Crippen LogP contribution in [0.4, 0.5) is 0 Å². The first-order valence-electron chi connectivity index (χ1n) is 11.6. The SMILES string of the molecule is CCC(C)(C)C(=O)O[C@@H]1C[C@H](C)C=C2C=C[C@@H](C)[C@@H](CC[C@@H]3C[C@H](O)CC(=O)O3)[C@@H]21.N. The minimum absolute atomic E-state index is 0. The lowest BCUT2D eigenvalue weighted by molar-refractivity contribution is -0.166. The number of hydrogen-bond acceptors (Lipinski definition) is 6. The van der Waals surface area contributed by atoms with Crippen LogP contribution in [0.25, 0.3) is 0 Å². The molecular weight excluding hydrogens is 394 g/mol. The summed E-state index contributed by atoms with van der Waals surface area (Å²) in [4.78, 5) is 24.6. The molecule has 3 aliphatic rings. The quantitative estimate of drug-likeness (QED) is 0.583. The van der Waals surface area contributed by atoms with Crippen LogP contribution in [0.5, 0.6) is 0 Å². The lowest BCUT2D eigenvalue weighted by Gasteiger charge is -2.44. The highest BCUT2D eigenvalue weighted by Gasteiger charge is 2.43. The molecule has 0 radical (unpaired) electrons. The second-order valence-electron chi connectivity index (χ2n) is 10.3. The summed E-state index contributed by atoms with van der Waals surface area (Å²) in [5, 5.41) is 9.92. The van der Waals surface area contributed by atoms with Crippen molar-refractivity contribution in [3.63, 3.8) is 0 Å². The fourth-order valence-corrected chi connectivity index (χ4v) is 5.08. The van der Waals surface area contributed by atoms with Crippen LogP contribution in [0.2, 0.25) is 0 Å². The van der Waals surface area contributed by atoms with E-state index in [2.05, 4.69) is 32.1 Å². The van der Waals surface area contributed by atoms with Crippen LogP contribution < -0.4 is 6.15 Å². The highest BCUT2D eigenvalue weighted by Crippen LogP contribution is 2.45. The molecule has 0 aromatic carbocycles. The fourth-order valence-electron chi connectivity index (χ4n) is 5.08. The summed E-state index contributed by atoms with van der Waals surface area (Å²) >= 11 is 0. The first-order valence-corrected chi connectivity index (χ1v) is 11.6. The summed E-state index contributed by atoms with van der Waals surface area (Å²) in [6.45, 7) is 10.3. The van der Waals surface area contributed by atoms with Gasteiger partial charge < -0.3 is 20.7 Å². The number of ether oxygens (including phenoxy) is 2. The van der Waals surface area contributed by atoms with E-state index in [1.54, 1.807) is 0 Å². The van der Waals surface area contributed by atoms with Crippen molar-refractivity contribution in [2.75, 3.05) is 0 Å². The Morgan fingerprint density at radius 1 is 1.26 bits per heavy atom. The van der Waals surface area contributed by atoms with E-state index in [1.165, 1.54) is 5.57 Å². The summed E-state index contributed by atoms with van der Waals surface area (Å²) in [5.74, 6) is 0.776. The van der Waals surface area contributed by atoms with E-state index in [0.29, 0.717) is 24.2 Å². The largest absolute Gasteiger partial charge is 0.462 e. The van der Waals surface area contributed by atoms with Gasteiger partial charge in [0.25, 0.3) is 0 Å². The van der Waals surface area contributed by atoms with Crippen LogP contribution in [-0.4, -0.2) is 35.4 Å². The first kappa shape index (κ1) is 25.6. The van der Waals surface area contributed by atoms with Crippen molar-refractivity contribution >= 4 is 11.9 Å². The molecule has 1 fully saturated rings. The zero-order valence-electron chi connectivity index (χ0n) is 19.8. The second kappa shape index (κ2) is 10.3.